The molecule has 0 aromatic heterocycles. The highest BCUT2D eigenvalue weighted by Crippen LogP contribution is 2.05. The number of urea groups is 1. The van der Waals surface area contributed by atoms with Gasteiger partial charge in [-0.25, -0.2) is 9.59 Å². The highest BCUT2D eigenvalue weighted by Gasteiger charge is 2.19. The molecule has 0 heterocycles. The van der Waals surface area contributed by atoms with E-state index in [0.717, 1.165) is 12.8 Å². The summed E-state index contributed by atoms with van der Waals surface area (Å²) in [6.45, 7) is 1.92. The molecule has 0 saturated heterocycles. The topological polar surface area (TPSA) is 78.4 Å². The summed E-state index contributed by atoms with van der Waals surface area (Å²) in [6.07, 6.45) is 4.00. The molecule has 0 saturated carbocycles. The van der Waals surface area contributed by atoms with Crippen LogP contribution in [0.25, 0.3) is 0 Å². The number of carboxylic acid groups (broad SMARTS) is 1. The van der Waals surface area contributed by atoms with Crippen LogP contribution in [-0.2, 0) is 11.2 Å². The van der Waals surface area contributed by atoms with Crippen molar-refractivity contribution in [2.45, 2.75) is 38.3 Å². The van der Waals surface area contributed by atoms with Crippen LogP contribution in [0.3, 0.4) is 0 Å². The van der Waals surface area contributed by atoms with E-state index in [1.54, 1.807) is 11.8 Å². The summed E-state index contributed by atoms with van der Waals surface area (Å²) in [6, 6.07) is 8.77. The molecule has 0 aliphatic heterocycles. The molecule has 0 bridgehead atoms. The Kier molecular flexibility index (Phi) is 8.43. The number of carbonyl (C=O) groups excluding carboxylic acids is 1. The molecule has 2 unspecified atom stereocenters. The molecule has 2 atom stereocenters. The molecule has 0 aliphatic carbocycles. The summed E-state index contributed by atoms with van der Waals surface area (Å²) >= 11 is 1.56. The monoisotopic (exact) mass is 324 g/mol. The molecule has 1 aromatic carbocycles. The molecule has 3 N–H and O–H groups in total. The standard InChI is InChI=1S/C16H24N2O3S/c1-12(8-9-13-6-4-3-5-7-13)17-16(21)18-14(15(19)20)10-11-22-2/h3-7,12,14H,8-11H2,1-2H3,(H,19,20)(H2,17,18,21). The second kappa shape index (κ2) is 10.1. The van der Waals surface area contributed by atoms with Crippen LogP contribution in [-0.4, -0.2) is 41.2 Å². The Hall–Kier alpha value is -1.69. The summed E-state index contributed by atoms with van der Waals surface area (Å²) in [4.78, 5) is 22.9. The Morgan fingerprint density at radius 1 is 1.18 bits per heavy atom. The largest absolute Gasteiger partial charge is 0.480 e. The number of amides is 2. The van der Waals surface area contributed by atoms with Crippen molar-refractivity contribution in [1.29, 1.82) is 0 Å². The third-order valence-corrected chi connectivity index (χ3v) is 3.94. The number of aryl methyl sites for hydroxylation is 1. The van der Waals surface area contributed by atoms with Gasteiger partial charge in [0.1, 0.15) is 6.04 Å². The maximum absolute atomic E-state index is 11.9. The Morgan fingerprint density at radius 2 is 1.86 bits per heavy atom. The molecule has 0 spiro atoms. The first kappa shape index (κ1) is 18.4. The number of carboxylic acids is 1. The molecule has 2 amide bonds. The smallest absolute Gasteiger partial charge is 0.326 e. The fourth-order valence-electron chi connectivity index (χ4n) is 2.02. The predicted molar refractivity (Wildman–Crippen MR) is 90.3 cm³/mol. The summed E-state index contributed by atoms with van der Waals surface area (Å²) in [7, 11) is 0. The lowest BCUT2D eigenvalue weighted by molar-refractivity contribution is -0.139. The summed E-state index contributed by atoms with van der Waals surface area (Å²) in [5, 5.41) is 14.4. The number of nitrogens with one attached hydrogen (secondary N) is 2. The van der Waals surface area contributed by atoms with E-state index < -0.39 is 18.0 Å². The highest BCUT2D eigenvalue weighted by molar-refractivity contribution is 7.98. The van der Waals surface area contributed by atoms with Gasteiger partial charge in [-0.05, 0) is 43.8 Å². The molecule has 0 fully saturated rings. The van der Waals surface area contributed by atoms with Crippen molar-refractivity contribution < 1.29 is 14.7 Å². The number of rotatable bonds is 9. The second-order valence-electron chi connectivity index (χ2n) is 5.22. The van der Waals surface area contributed by atoms with Gasteiger partial charge in [-0.1, -0.05) is 30.3 Å². The zero-order chi connectivity index (χ0) is 16.4. The van der Waals surface area contributed by atoms with Gasteiger partial charge in [-0.15, -0.1) is 0 Å². The van der Waals surface area contributed by atoms with Crippen molar-refractivity contribution in [2.75, 3.05) is 12.0 Å². The minimum absolute atomic E-state index is 0.0183. The van der Waals surface area contributed by atoms with Gasteiger partial charge in [0.25, 0.3) is 0 Å². The van der Waals surface area contributed by atoms with Crippen molar-refractivity contribution in [3.8, 4) is 0 Å². The molecule has 0 aliphatic rings. The van der Waals surface area contributed by atoms with Gasteiger partial charge in [-0.2, -0.15) is 11.8 Å². The van der Waals surface area contributed by atoms with E-state index in [2.05, 4.69) is 22.8 Å². The summed E-state index contributed by atoms with van der Waals surface area (Å²) < 4.78 is 0. The quantitative estimate of drug-likeness (QED) is 0.652. The second-order valence-corrected chi connectivity index (χ2v) is 6.20. The van der Waals surface area contributed by atoms with Gasteiger partial charge in [0.2, 0.25) is 0 Å². The van der Waals surface area contributed by atoms with E-state index in [4.69, 9.17) is 5.11 Å². The minimum atomic E-state index is -0.999. The maximum Gasteiger partial charge on any atom is 0.326 e. The molecule has 0 radical (unpaired) electrons. The Balaban J connectivity index is 2.34. The molecule has 6 heteroatoms. The minimum Gasteiger partial charge on any atom is -0.480 e. The van der Waals surface area contributed by atoms with Crippen molar-refractivity contribution in [1.82, 2.24) is 10.6 Å². The number of hydrogen-bond donors (Lipinski definition) is 3. The first-order valence-corrected chi connectivity index (χ1v) is 8.75. The van der Waals surface area contributed by atoms with E-state index in [1.807, 2.05) is 31.4 Å². The average Bonchev–Trinajstić information content (AvgIpc) is 2.50. The van der Waals surface area contributed by atoms with Gasteiger partial charge in [0, 0.05) is 6.04 Å². The zero-order valence-corrected chi connectivity index (χ0v) is 13.9. The SMILES string of the molecule is CSCCC(NC(=O)NC(C)CCc1ccccc1)C(=O)O. The number of benzene rings is 1. The van der Waals surface area contributed by atoms with Crippen LogP contribution >= 0.6 is 11.8 Å². The van der Waals surface area contributed by atoms with Gasteiger partial charge >= 0.3 is 12.0 Å². The molecule has 1 aromatic rings. The van der Waals surface area contributed by atoms with Crippen LogP contribution < -0.4 is 10.6 Å². The Morgan fingerprint density at radius 3 is 2.45 bits per heavy atom. The van der Waals surface area contributed by atoms with Gasteiger partial charge in [-0.3, -0.25) is 0 Å². The molecule has 1 rings (SSSR count). The van der Waals surface area contributed by atoms with E-state index >= 15 is 0 Å². The molecule has 122 valence electrons. The van der Waals surface area contributed by atoms with E-state index in [9.17, 15) is 9.59 Å². The van der Waals surface area contributed by atoms with Crippen LogP contribution in [0.15, 0.2) is 30.3 Å². The number of carbonyl (C=O) groups is 2. The fourth-order valence-corrected chi connectivity index (χ4v) is 2.49. The first-order chi connectivity index (χ1) is 10.5. The third-order valence-electron chi connectivity index (χ3n) is 3.30. The van der Waals surface area contributed by atoms with Crippen LogP contribution in [0.2, 0.25) is 0 Å². The number of hydrogen-bond acceptors (Lipinski definition) is 3. The molecule has 22 heavy (non-hydrogen) atoms. The summed E-state index contributed by atoms with van der Waals surface area (Å²) in [5.74, 6) is -0.304. The predicted octanol–water partition coefficient (Wildman–Crippen LogP) is 2.51. The van der Waals surface area contributed by atoms with Crippen molar-refractivity contribution in [3.05, 3.63) is 35.9 Å². The molecular formula is C16H24N2O3S. The Bertz CT molecular complexity index is 468. The van der Waals surface area contributed by atoms with Crippen molar-refractivity contribution in [3.63, 3.8) is 0 Å². The van der Waals surface area contributed by atoms with Crippen LogP contribution in [0, 0.1) is 0 Å². The third kappa shape index (κ3) is 7.36. The number of aliphatic carboxylic acids is 1. The zero-order valence-electron chi connectivity index (χ0n) is 13.0. The molecule has 5 nitrogen and oxygen atoms in total. The Labute approximate surface area is 135 Å². The van der Waals surface area contributed by atoms with E-state index in [0.29, 0.717) is 12.2 Å². The van der Waals surface area contributed by atoms with Crippen LogP contribution in [0.5, 0.6) is 0 Å². The van der Waals surface area contributed by atoms with Gasteiger partial charge in [0.05, 0.1) is 0 Å². The summed E-state index contributed by atoms with van der Waals surface area (Å²) in [5.41, 5.74) is 1.22. The van der Waals surface area contributed by atoms with Crippen molar-refractivity contribution in [2.24, 2.45) is 0 Å². The van der Waals surface area contributed by atoms with Crippen LogP contribution in [0.4, 0.5) is 4.79 Å². The maximum atomic E-state index is 11.9. The van der Waals surface area contributed by atoms with Gasteiger partial charge in [0.15, 0.2) is 0 Å². The number of thioether (sulfide) groups is 1. The fraction of sp³-hybridized carbons (Fsp3) is 0.500. The highest BCUT2D eigenvalue weighted by atomic mass is 32.2. The molecular weight excluding hydrogens is 300 g/mol. The first-order valence-electron chi connectivity index (χ1n) is 7.35. The normalized spacial score (nSPS) is 13.2. The van der Waals surface area contributed by atoms with E-state index in [1.165, 1.54) is 5.56 Å². The van der Waals surface area contributed by atoms with Crippen molar-refractivity contribution >= 4 is 23.8 Å². The van der Waals surface area contributed by atoms with Gasteiger partial charge < -0.3 is 15.7 Å². The lowest BCUT2D eigenvalue weighted by Gasteiger charge is -2.18. The lowest BCUT2D eigenvalue weighted by Crippen LogP contribution is -2.48. The lowest BCUT2D eigenvalue weighted by atomic mass is 10.1. The van der Waals surface area contributed by atoms with Crippen LogP contribution in [0.1, 0.15) is 25.3 Å². The van der Waals surface area contributed by atoms with E-state index in [-0.39, 0.29) is 6.04 Å². The average molecular weight is 324 g/mol.